The van der Waals surface area contributed by atoms with Crippen molar-refractivity contribution in [2.75, 3.05) is 7.05 Å². The molecule has 1 aliphatic carbocycles. The molecular weight excluding hydrogens is 364 g/mol. The summed E-state index contributed by atoms with van der Waals surface area (Å²) in [5.41, 5.74) is 3.19. The predicted molar refractivity (Wildman–Crippen MR) is 111 cm³/mol. The van der Waals surface area contributed by atoms with Crippen molar-refractivity contribution in [3.05, 3.63) is 78.1 Å². The summed E-state index contributed by atoms with van der Waals surface area (Å²) in [5.74, 6) is -0.345. The number of benzene rings is 2. The van der Waals surface area contributed by atoms with Crippen LogP contribution in [0, 0.1) is 0 Å². The van der Waals surface area contributed by atoms with Crippen molar-refractivity contribution in [2.45, 2.75) is 24.3 Å². The van der Waals surface area contributed by atoms with E-state index in [9.17, 15) is 9.59 Å². The maximum atomic E-state index is 13.3. The van der Waals surface area contributed by atoms with Crippen LogP contribution in [-0.4, -0.2) is 28.6 Å². The lowest BCUT2D eigenvalue weighted by Crippen LogP contribution is -2.43. The summed E-state index contributed by atoms with van der Waals surface area (Å²) < 4.78 is 1.76. The van der Waals surface area contributed by atoms with Gasteiger partial charge in [0.1, 0.15) is 6.04 Å². The zero-order chi connectivity index (χ0) is 20.4. The Labute approximate surface area is 169 Å². The van der Waals surface area contributed by atoms with Crippen molar-refractivity contribution < 1.29 is 9.59 Å². The van der Waals surface area contributed by atoms with Gasteiger partial charge in [-0.15, -0.1) is 0 Å². The van der Waals surface area contributed by atoms with Crippen molar-refractivity contribution in [1.82, 2.24) is 20.4 Å². The second-order valence-corrected chi connectivity index (χ2v) is 7.50. The van der Waals surface area contributed by atoms with Crippen molar-refractivity contribution in [2.24, 2.45) is 7.05 Å². The molecule has 1 aliphatic rings. The van der Waals surface area contributed by atoms with E-state index in [1.165, 1.54) is 0 Å². The zero-order valence-corrected chi connectivity index (χ0v) is 16.6. The van der Waals surface area contributed by atoms with Gasteiger partial charge < -0.3 is 10.6 Å². The van der Waals surface area contributed by atoms with Crippen LogP contribution in [0.3, 0.4) is 0 Å². The molecule has 0 aliphatic heterocycles. The van der Waals surface area contributed by atoms with Gasteiger partial charge in [0.2, 0.25) is 11.8 Å². The molecule has 2 N–H and O–H groups in total. The highest BCUT2D eigenvalue weighted by atomic mass is 16.2. The molecule has 6 heteroatoms. The number of likely N-dealkylation sites (N-methyl/N-ethyl adjacent to an activating group) is 1. The average molecular weight is 388 g/mol. The van der Waals surface area contributed by atoms with E-state index in [0.29, 0.717) is 0 Å². The van der Waals surface area contributed by atoms with Gasteiger partial charge >= 0.3 is 0 Å². The van der Waals surface area contributed by atoms with E-state index in [0.717, 1.165) is 35.1 Å². The third-order valence-corrected chi connectivity index (χ3v) is 5.55. The minimum atomic E-state index is -0.715. The maximum Gasteiger partial charge on any atom is 0.246 e. The van der Waals surface area contributed by atoms with Crippen LogP contribution in [0.25, 0.3) is 11.1 Å². The number of nitrogens with zero attached hydrogens (tertiary/aromatic N) is 2. The molecule has 1 saturated carbocycles. The van der Waals surface area contributed by atoms with Crippen molar-refractivity contribution >= 4 is 11.8 Å². The first-order valence-corrected chi connectivity index (χ1v) is 9.70. The standard InChI is InChI=1S/C23H24N4O2/c1-24-21(28)20(16-7-4-3-5-8-16)26-22(29)23(11-12-23)19-10-6-9-17(13-19)18-14-25-27(2)15-18/h3-10,13-15,20H,11-12H2,1-2H3,(H,24,28)(H,26,29). The van der Waals surface area contributed by atoms with Gasteiger partial charge in [-0.2, -0.15) is 5.10 Å². The van der Waals surface area contributed by atoms with Crippen molar-refractivity contribution in [3.63, 3.8) is 0 Å². The first kappa shape index (κ1) is 18.9. The van der Waals surface area contributed by atoms with Crippen LogP contribution in [0.2, 0.25) is 0 Å². The molecule has 0 bridgehead atoms. The van der Waals surface area contributed by atoms with E-state index in [1.807, 2.05) is 68.0 Å². The minimum absolute atomic E-state index is 0.113. The highest BCUT2D eigenvalue weighted by molar-refractivity contribution is 5.95. The molecule has 3 aromatic rings. The summed E-state index contributed by atoms with van der Waals surface area (Å²) in [6.45, 7) is 0. The van der Waals surface area contributed by atoms with Gasteiger partial charge in [0, 0.05) is 25.9 Å². The third kappa shape index (κ3) is 3.66. The number of amides is 2. The molecule has 148 valence electrons. The summed E-state index contributed by atoms with van der Waals surface area (Å²) in [6.07, 6.45) is 5.31. The smallest absolute Gasteiger partial charge is 0.246 e. The molecule has 1 fully saturated rings. The highest BCUT2D eigenvalue weighted by Crippen LogP contribution is 2.49. The maximum absolute atomic E-state index is 13.3. The normalized spacial score (nSPS) is 15.4. The fraction of sp³-hybridized carbons (Fsp3) is 0.261. The van der Waals surface area contributed by atoms with E-state index >= 15 is 0 Å². The van der Waals surface area contributed by atoms with Crippen LogP contribution in [-0.2, 0) is 22.1 Å². The van der Waals surface area contributed by atoms with Gasteiger partial charge in [-0.1, -0.05) is 48.5 Å². The van der Waals surface area contributed by atoms with Gasteiger partial charge in [-0.25, -0.2) is 0 Å². The van der Waals surface area contributed by atoms with Crippen LogP contribution in [0.5, 0.6) is 0 Å². The first-order chi connectivity index (χ1) is 14.0. The average Bonchev–Trinajstić information content (AvgIpc) is 3.47. The predicted octanol–water partition coefficient (Wildman–Crippen LogP) is 2.72. The zero-order valence-electron chi connectivity index (χ0n) is 16.6. The second-order valence-electron chi connectivity index (χ2n) is 7.50. The lowest BCUT2D eigenvalue weighted by atomic mass is 9.91. The number of hydrogen-bond donors (Lipinski definition) is 2. The monoisotopic (exact) mass is 388 g/mol. The Morgan fingerprint density at radius 3 is 2.45 bits per heavy atom. The number of aromatic nitrogens is 2. The number of carbonyl (C=O) groups is 2. The summed E-state index contributed by atoms with van der Waals surface area (Å²) >= 11 is 0. The number of hydrogen-bond acceptors (Lipinski definition) is 3. The molecule has 1 aromatic heterocycles. The van der Waals surface area contributed by atoms with E-state index in [-0.39, 0.29) is 11.8 Å². The van der Waals surface area contributed by atoms with Crippen LogP contribution in [0.1, 0.15) is 30.0 Å². The van der Waals surface area contributed by atoms with Crippen molar-refractivity contribution in [1.29, 1.82) is 0 Å². The lowest BCUT2D eigenvalue weighted by Gasteiger charge is -2.22. The van der Waals surface area contributed by atoms with Crippen LogP contribution >= 0.6 is 0 Å². The Balaban J connectivity index is 1.60. The number of aryl methyl sites for hydroxylation is 1. The Morgan fingerprint density at radius 1 is 1.07 bits per heavy atom. The van der Waals surface area contributed by atoms with Crippen LogP contribution in [0.15, 0.2) is 67.0 Å². The summed E-state index contributed by atoms with van der Waals surface area (Å²) in [6, 6.07) is 16.6. The topological polar surface area (TPSA) is 76.0 Å². The molecule has 29 heavy (non-hydrogen) atoms. The summed E-state index contributed by atoms with van der Waals surface area (Å²) in [5, 5.41) is 9.86. The Bertz CT molecular complexity index is 1040. The van der Waals surface area contributed by atoms with Crippen LogP contribution in [0.4, 0.5) is 0 Å². The molecular formula is C23H24N4O2. The molecule has 2 aromatic carbocycles. The highest BCUT2D eigenvalue weighted by Gasteiger charge is 2.52. The first-order valence-electron chi connectivity index (χ1n) is 9.70. The molecule has 0 saturated heterocycles. The molecule has 0 spiro atoms. The molecule has 4 rings (SSSR count). The lowest BCUT2D eigenvalue weighted by molar-refractivity contribution is -0.130. The summed E-state index contributed by atoms with van der Waals surface area (Å²) in [4.78, 5) is 25.7. The number of rotatable bonds is 6. The third-order valence-electron chi connectivity index (χ3n) is 5.55. The van der Waals surface area contributed by atoms with Gasteiger partial charge in [-0.05, 0) is 35.6 Å². The quantitative estimate of drug-likeness (QED) is 0.682. The van der Waals surface area contributed by atoms with E-state index in [4.69, 9.17) is 0 Å². The van der Waals surface area contributed by atoms with Crippen molar-refractivity contribution in [3.8, 4) is 11.1 Å². The summed E-state index contributed by atoms with van der Waals surface area (Å²) in [7, 11) is 3.46. The van der Waals surface area contributed by atoms with Gasteiger partial charge in [0.25, 0.3) is 0 Å². The number of carbonyl (C=O) groups excluding carboxylic acids is 2. The fourth-order valence-corrected chi connectivity index (χ4v) is 3.70. The minimum Gasteiger partial charge on any atom is -0.357 e. The Hall–Kier alpha value is -3.41. The fourth-order valence-electron chi connectivity index (χ4n) is 3.70. The molecule has 1 atom stereocenters. The van der Waals surface area contributed by atoms with Crippen LogP contribution < -0.4 is 10.6 Å². The van der Waals surface area contributed by atoms with E-state index in [2.05, 4.69) is 21.8 Å². The van der Waals surface area contributed by atoms with Gasteiger partial charge in [0.15, 0.2) is 0 Å². The Kier molecular flexibility index (Phi) is 4.92. The molecule has 1 unspecified atom stereocenters. The molecule has 1 heterocycles. The van der Waals surface area contributed by atoms with Gasteiger partial charge in [-0.3, -0.25) is 14.3 Å². The van der Waals surface area contributed by atoms with Gasteiger partial charge in [0.05, 0.1) is 11.6 Å². The molecule has 2 amide bonds. The molecule has 0 radical (unpaired) electrons. The van der Waals surface area contributed by atoms with E-state index < -0.39 is 11.5 Å². The Morgan fingerprint density at radius 2 is 1.83 bits per heavy atom. The SMILES string of the molecule is CNC(=O)C(NC(=O)C1(c2cccc(-c3cnn(C)c3)c2)CC1)c1ccccc1. The second kappa shape index (κ2) is 7.54. The number of nitrogens with one attached hydrogen (secondary N) is 2. The molecule has 6 nitrogen and oxygen atoms in total. The van der Waals surface area contributed by atoms with E-state index in [1.54, 1.807) is 11.7 Å². The largest absolute Gasteiger partial charge is 0.357 e.